The van der Waals surface area contributed by atoms with Gasteiger partial charge in [-0.25, -0.2) is 0 Å². The average Bonchev–Trinajstić information content (AvgIpc) is 2.98. The zero-order chi connectivity index (χ0) is 12.5. The van der Waals surface area contributed by atoms with Crippen molar-refractivity contribution in [1.82, 2.24) is 0 Å². The molecule has 0 aliphatic heterocycles. The van der Waals surface area contributed by atoms with Crippen molar-refractivity contribution in [2.24, 2.45) is 11.8 Å². The van der Waals surface area contributed by atoms with E-state index in [1.807, 2.05) is 0 Å². The lowest BCUT2D eigenvalue weighted by molar-refractivity contribution is 0.316. The smallest absolute Gasteiger partial charge is 0.00872 e. The fourth-order valence-electron chi connectivity index (χ4n) is 3.54. The molecule has 0 aromatic rings. The first kappa shape index (κ1) is 11.5. The second-order valence-corrected chi connectivity index (χ2v) is 5.51. The quantitative estimate of drug-likeness (QED) is 0.640. The molecule has 3 rings (SSSR count). The van der Waals surface area contributed by atoms with Gasteiger partial charge in [0.05, 0.1) is 0 Å². The van der Waals surface area contributed by atoms with Crippen LogP contribution in [0.1, 0.15) is 25.7 Å². The Labute approximate surface area is 110 Å². The van der Waals surface area contributed by atoms with Gasteiger partial charge >= 0.3 is 0 Å². The van der Waals surface area contributed by atoms with Crippen molar-refractivity contribution in [2.45, 2.75) is 25.7 Å². The van der Waals surface area contributed by atoms with E-state index in [-0.39, 0.29) is 0 Å². The van der Waals surface area contributed by atoms with Crippen LogP contribution < -0.4 is 0 Å². The molecule has 0 amide bonds. The summed E-state index contributed by atoms with van der Waals surface area (Å²) in [5.41, 5.74) is 5.34. The highest BCUT2D eigenvalue weighted by atomic mass is 14.4. The lowest BCUT2D eigenvalue weighted by atomic mass is 9.70. The number of hydrogen-bond acceptors (Lipinski definition) is 0. The maximum atomic E-state index is 4.18. The van der Waals surface area contributed by atoms with Crippen LogP contribution in [0.25, 0.3) is 0 Å². The van der Waals surface area contributed by atoms with E-state index < -0.39 is 0 Å². The minimum absolute atomic E-state index is 0.643. The number of allylic oxidation sites excluding steroid dienone is 10. The molecule has 3 aliphatic rings. The van der Waals surface area contributed by atoms with E-state index in [0.717, 1.165) is 0 Å². The normalized spacial score (nSPS) is 30.9. The highest BCUT2D eigenvalue weighted by molar-refractivity contribution is 5.52. The van der Waals surface area contributed by atoms with Crippen molar-refractivity contribution in [1.29, 1.82) is 0 Å². The van der Waals surface area contributed by atoms with Crippen LogP contribution in [0, 0.1) is 11.8 Å². The van der Waals surface area contributed by atoms with Crippen molar-refractivity contribution in [3.05, 3.63) is 71.9 Å². The van der Waals surface area contributed by atoms with Gasteiger partial charge < -0.3 is 0 Å². The third-order valence-electron chi connectivity index (χ3n) is 4.45. The fraction of sp³-hybridized carbons (Fsp3) is 0.333. The van der Waals surface area contributed by atoms with Crippen LogP contribution >= 0.6 is 0 Å². The summed E-state index contributed by atoms with van der Waals surface area (Å²) in [5.74, 6) is 1.29. The van der Waals surface area contributed by atoms with E-state index >= 15 is 0 Å². The predicted octanol–water partition coefficient (Wildman–Crippen LogP) is 4.90. The largest absolute Gasteiger partial charge is 0.0915 e. The minimum atomic E-state index is 0.643. The summed E-state index contributed by atoms with van der Waals surface area (Å²) < 4.78 is 0. The van der Waals surface area contributed by atoms with Gasteiger partial charge in [-0.1, -0.05) is 62.5 Å². The van der Waals surface area contributed by atoms with Crippen molar-refractivity contribution >= 4 is 0 Å². The molecule has 0 heterocycles. The maximum absolute atomic E-state index is 4.18. The molecule has 92 valence electrons. The maximum Gasteiger partial charge on any atom is -0.00872 e. The third kappa shape index (κ3) is 1.86. The molecule has 0 aromatic carbocycles. The van der Waals surface area contributed by atoms with Gasteiger partial charge in [0.25, 0.3) is 0 Å². The van der Waals surface area contributed by atoms with Gasteiger partial charge in [0.15, 0.2) is 0 Å². The first-order valence-electron chi connectivity index (χ1n) is 6.92. The predicted molar refractivity (Wildman–Crippen MR) is 78.2 cm³/mol. The second-order valence-electron chi connectivity index (χ2n) is 5.51. The highest BCUT2D eigenvalue weighted by Crippen LogP contribution is 2.45. The van der Waals surface area contributed by atoms with E-state index in [1.54, 1.807) is 0 Å². The molecule has 0 bridgehead atoms. The van der Waals surface area contributed by atoms with E-state index in [1.165, 1.54) is 48.0 Å². The molecule has 0 aromatic heterocycles. The molecule has 0 N–H and O–H groups in total. The number of rotatable bonds is 2. The zero-order valence-electron chi connectivity index (χ0n) is 10.9. The lowest BCUT2D eigenvalue weighted by Crippen LogP contribution is -2.23. The Bertz CT molecular complexity index is 460. The van der Waals surface area contributed by atoms with Crippen LogP contribution in [0.4, 0.5) is 0 Å². The molecular formula is C18H20. The topological polar surface area (TPSA) is 0 Å². The van der Waals surface area contributed by atoms with Gasteiger partial charge in [-0.05, 0) is 47.0 Å². The van der Waals surface area contributed by atoms with Crippen LogP contribution in [0.3, 0.4) is 0 Å². The highest BCUT2D eigenvalue weighted by Gasteiger charge is 2.32. The standard InChI is InChI=1S/C18H20/c1-13-7-5-11-15(13)17-9-3-4-10-18(17)16-12-6-8-14(16)2/h5-8,11-12,17-18H,1-4,9-10H2. The molecule has 2 unspecified atom stereocenters. The van der Waals surface area contributed by atoms with E-state index in [2.05, 4.69) is 49.6 Å². The molecule has 0 spiro atoms. The van der Waals surface area contributed by atoms with Crippen molar-refractivity contribution in [3.8, 4) is 0 Å². The summed E-state index contributed by atoms with van der Waals surface area (Å²) >= 11 is 0. The van der Waals surface area contributed by atoms with Crippen molar-refractivity contribution in [3.63, 3.8) is 0 Å². The molecule has 1 saturated carbocycles. The summed E-state index contributed by atoms with van der Waals surface area (Å²) in [4.78, 5) is 0. The monoisotopic (exact) mass is 236 g/mol. The summed E-state index contributed by atoms with van der Waals surface area (Å²) in [6.45, 7) is 8.36. The first-order chi connectivity index (χ1) is 8.77. The molecule has 0 nitrogen and oxygen atoms in total. The second kappa shape index (κ2) is 4.61. The summed E-state index contributed by atoms with van der Waals surface area (Å²) in [6.07, 6.45) is 18.3. The van der Waals surface area contributed by atoms with Crippen molar-refractivity contribution in [2.75, 3.05) is 0 Å². The Morgan fingerprint density at radius 2 is 1.22 bits per heavy atom. The zero-order valence-corrected chi connectivity index (χ0v) is 10.9. The van der Waals surface area contributed by atoms with Crippen LogP contribution in [0.5, 0.6) is 0 Å². The van der Waals surface area contributed by atoms with Crippen LogP contribution in [0.2, 0.25) is 0 Å². The van der Waals surface area contributed by atoms with E-state index in [0.29, 0.717) is 11.8 Å². The third-order valence-corrected chi connectivity index (χ3v) is 4.45. The summed E-state index contributed by atoms with van der Waals surface area (Å²) in [5, 5.41) is 0. The molecule has 2 atom stereocenters. The Morgan fingerprint density at radius 3 is 1.56 bits per heavy atom. The van der Waals surface area contributed by atoms with Gasteiger partial charge in [-0.2, -0.15) is 0 Å². The van der Waals surface area contributed by atoms with Gasteiger partial charge in [-0.3, -0.25) is 0 Å². The average molecular weight is 236 g/mol. The molecular weight excluding hydrogens is 216 g/mol. The van der Waals surface area contributed by atoms with E-state index in [4.69, 9.17) is 0 Å². The van der Waals surface area contributed by atoms with Gasteiger partial charge in [0.2, 0.25) is 0 Å². The Balaban J connectivity index is 1.87. The number of hydrogen-bond donors (Lipinski definition) is 0. The van der Waals surface area contributed by atoms with E-state index in [9.17, 15) is 0 Å². The van der Waals surface area contributed by atoms with Crippen LogP contribution in [-0.4, -0.2) is 0 Å². The van der Waals surface area contributed by atoms with Gasteiger partial charge in [0.1, 0.15) is 0 Å². The lowest BCUT2D eigenvalue weighted by Gasteiger charge is -2.34. The SMILES string of the molecule is C=C1C=CC=C1C1CCCCC1C1=CC=CC1=C. The molecule has 0 heteroatoms. The van der Waals surface area contributed by atoms with Crippen LogP contribution in [0.15, 0.2) is 71.9 Å². The first-order valence-corrected chi connectivity index (χ1v) is 6.92. The Kier molecular flexibility index (Phi) is 2.95. The van der Waals surface area contributed by atoms with Crippen molar-refractivity contribution < 1.29 is 0 Å². The summed E-state index contributed by atoms with van der Waals surface area (Å²) in [6, 6.07) is 0. The molecule has 3 aliphatic carbocycles. The van der Waals surface area contributed by atoms with Gasteiger partial charge in [0, 0.05) is 0 Å². The Morgan fingerprint density at radius 1 is 0.778 bits per heavy atom. The molecule has 0 saturated heterocycles. The minimum Gasteiger partial charge on any atom is -0.0915 e. The van der Waals surface area contributed by atoms with Gasteiger partial charge in [-0.15, -0.1) is 0 Å². The fourth-order valence-corrected chi connectivity index (χ4v) is 3.54. The van der Waals surface area contributed by atoms with Crippen LogP contribution in [-0.2, 0) is 0 Å². The molecule has 18 heavy (non-hydrogen) atoms. The summed E-state index contributed by atoms with van der Waals surface area (Å²) in [7, 11) is 0. The molecule has 1 fully saturated rings. The Hall–Kier alpha value is -1.56. The molecule has 0 radical (unpaired) electrons.